The summed E-state index contributed by atoms with van der Waals surface area (Å²) in [7, 11) is 1.51. The second-order valence-corrected chi connectivity index (χ2v) is 9.75. The van der Waals surface area contributed by atoms with Gasteiger partial charge in [0.15, 0.2) is 15.8 Å². The van der Waals surface area contributed by atoms with E-state index in [1.54, 1.807) is 36.4 Å². The van der Waals surface area contributed by atoms with Gasteiger partial charge in [-0.1, -0.05) is 48.2 Å². The monoisotopic (exact) mass is 595 g/mol. The molecule has 0 spiro atoms. The molecule has 1 aliphatic rings. The fraction of sp³-hybridized carbons (Fsp3) is 0.0833. The van der Waals surface area contributed by atoms with E-state index in [-0.39, 0.29) is 18.3 Å². The van der Waals surface area contributed by atoms with Crippen molar-refractivity contribution >= 4 is 68.6 Å². The molecule has 0 aromatic heterocycles. The highest BCUT2D eigenvalue weighted by molar-refractivity contribution is 14.1. The van der Waals surface area contributed by atoms with Gasteiger partial charge in [0.05, 0.1) is 21.3 Å². The third-order valence-corrected chi connectivity index (χ3v) is 6.84. The summed E-state index contributed by atoms with van der Waals surface area (Å²) >= 11 is 8.59. The van der Waals surface area contributed by atoms with E-state index in [4.69, 9.17) is 21.7 Å². The fourth-order valence-electron chi connectivity index (χ4n) is 3.19. The van der Waals surface area contributed by atoms with Crippen LogP contribution in [0.15, 0.2) is 65.6 Å². The Morgan fingerprint density at radius 2 is 1.91 bits per heavy atom. The van der Waals surface area contributed by atoms with Crippen LogP contribution in [0.1, 0.15) is 11.1 Å². The van der Waals surface area contributed by atoms with Gasteiger partial charge >= 0.3 is 0 Å². The number of methoxy groups -OCH3 is 1. The molecule has 1 heterocycles. The van der Waals surface area contributed by atoms with E-state index >= 15 is 0 Å². The van der Waals surface area contributed by atoms with Crippen LogP contribution in [-0.4, -0.2) is 17.3 Å². The van der Waals surface area contributed by atoms with Crippen molar-refractivity contribution in [3.63, 3.8) is 0 Å². The minimum Gasteiger partial charge on any atom is -0.493 e. The molecule has 4 rings (SSSR count). The Hall–Kier alpha value is -2.50. The van der Waals surface area contributed by atoms with Crippen LogP contribution in [0.2, 0.25) is 0 Å². The third kappa shape index (κ3) is 5.20. The van der Waals surface area contributed by atoms with Gasteiger partial charge in [0.2, 0.25) is 0 Å². The molecule has 3 aromatic carbocycles. The number of carbonyl (C=O) groups excluding carboxylic acids is 1. The second kappa shape index (κ2) is 10.2. The van der Waals surface area contributed by atoms with Crippen molar-refractivity contribution in [2.45, 2.75) is 6.61 Å². The van der Waals surface area contributed by atoms with Gasteiger partial charge in [-0.25, -0.2) is 8.78 Å². The summed E-state index contributed by atoms with van der Waals surface area (Å²) in [6.45, 7) is 0.0463. The Bertz CT molecular complexity index is 1280. The highest BCUT2D eigenvalue weighted by Crippen LogP contribution is 2.39. The molecule has 0 atom stereocenters. The standard InChI is InChI=1S/C24H16F2INO3S2/c1-30-20-10-14(9-19(27)22(20)31-13-15-5-2-3-8-18(15)26)11-21-23(29)28(24(32)33-21)17-7-4-6-16(25)12-17/h2-12H,13H2,1H3/b21-11-. The number of hydrogen-bond acceptors (Lipinski definition) is 5. The summed E-state index contributed by atoms with van der Waals surface area (Å²) in [5.74, 6) is -0.195. The minimum absolute atomic E-state index is 0.0463. The molecule has 1 amide bonds. The second-order valence-electron chi connectivity index (χ2n) is 6.91. The third-order valence-electron chi connectivity index (χ3n) is 4.74. The van der Waals surface area contributed by atoms with Crippen LogP contribution in [0.4, 0.5) is 14.5 Å². The molecule has 0 bridgehead atoms. The SMILES string of the molecule is COc1cc(/C=C2\SC(=S)N(c3cccc(F)c3)C2=O)cc(I)c1OCc1ccccc1F. The average Bonchev–Trinajstić information content (AvgIpc) is 3.06. The molecule has 33 heavy (non-hydrogen) atoms. The number of thiocarbonyl (C=S) groups is 1. The predicted octanol–water partition coefficient (Wildman–Crippen LogP) is 6.56. The van der Waals surface area contributed by atoms with E-state index in [1.807, 2.05) is 6.07 Å². The number of amides is 1. The molecular formula is C24H16F2INO3S2. The Morgan fingerprint density at radius 1 is 1.12 bits per heavy atom. The van der Waals surface area contributed by atoms with Crippen molar-refractivity contribution in [2.75, 3.05) is 12.0 Å². The number of benzene rings is 3. The van der Waals surface area contributed by atoms with Gasteiger partial charge < -0.3 is 9.47 Å². The van der Waals surface area contributed by atoms with Gasteiger partial charge in [0.25, 0.3) is 5.91 Å². The van der Waals surface area contributed by atoms with E-state index in [9.17, 15) is 13.6 Å². The van der Waals surface area contributed by atoms with Crippen LogP contribution in [0.25, 0.3) is 6.08 Å². The first-order valence-corrected chi connectivity index (χ1v) is 11.9. The van der Waals surface area contributed by atoms with Gasteiger partial charge in [0.1, 0.15) is 18.2 Å². The van der Waals surface area contributed by atoms with Crippen molar-refractivity contribution in [1.82, 2.24) is 0 Å². The molecule has 0 N–H and O–H groups in total. The topological polar surface area (TPSA) is 38.8 Å². The molecule has 0 unspecified atom stereocenters. The van der Waals surface area contributed by atoms with Crippen molar-refractivity contribution in [3.05, 3.63) is 91.9 Å². The van der Waals surface area contributed by atoms with E-state index < -0.39 is 5.82 Å². The van der Waals surface area contributed by atoms with Gasteiger partial charge in [0, 0.05) is 5.56 Å². The van der Waals surface area contributed by atoms with Crippen LogP contribution in [0, 0.1) is 15.2 Å². The first kappa shape index (κ1) is 23.7. The fourth-order valence-corrected chi connectivity index (χ4v) is 5.27. The number of hydrogen-bond donors (Lipinski definition) is 0. The highest BCUT2D eigenvalue weighted by atomic mass is 127. The maximum Gasteiger partial charge on any atom is 0.270 e. The first-order chi connectivity index (χ1) is 15.9. The minimum atomic E-state index is -0.448. The van der Waals surface area contributed by atoms with Gasteiger partial charge in [-0.15, -0.1) is 0 Å². The number of carbonyl (C=O) groups is 1. The number of halogens is 3. The zero-order valence-electron chi connectivity index (χ0n) is 17.2. The highest BCUT2D eigenvalue weighted by Gasteiger charge is 2.33. The normalized spacial score (nSPS) is 14.8. The quantitative estimate of drug-likeness (QED) is 0.183. The molecule has 4 nitrogen and oxygen atoms in total. The molecule has 168 valence electrons. The Balaban J connectivity index is 1.59. The maximum atomic E-state index is 13.9. The molecule has 0 aliphatic carbocycles. The largest absolute Gasteiger partial charge is 0.493 e. The molecule has 1 saturated heterocycles. The lowest BCUT2D eigenvalue weighted by Crippen LogP contribution is -2.27. The van der Waals surface area contributed by atoms with Gasteiger partial charge in [-0.3, -0.25) is 9.69 Å². The zero-order chi connectivity index (χ0) is 23.5. The van der Waals surface area contributed by atoms with Crippen molar-refractivity contribution in [3.8, 4) is 11.5 Å². The smallest absolute Gasteiger partial charge is 0.270 e. The Morgan fingerprint density at radius 3 is 2.64 bits per heavy atom. The van der Waals surface area contributed by atoms with Crippen molar-refractivity contribution < 1.29 is 23.0 Å². The lowest BCUT2D eigenvalue weighted by molar-refractivity contribution is -0.113. The van der Waals surface area contributed by atoms with E-state index in [0.717, 1.165) is 15.3 Å². The molecular weight excluding hydrogens is 579 g/mol. The summed E-state index contributed by atoms with van der Waals surface area (Å²) in [4.78, 5) is 14.7. The summed E-state index contributed by atoms with van der Waals surface area (Å²) < 4.78 is 39.9. The lowest BCUT2D eigenvalue weighted by Gasteiger charge is -2.15. The number of nitrogens with zero attached hydrogens (tertiary/aromatic N) is 1. The molecule has 0 saturated carbocycles. The van der Waals surface area contributed by atoms with Gasteiger partial charge in [-0.05, 0) is 70.6 Å². The summed E-state index contributed by atoms with van der Waals surface area (Å²) in [5.41, 5.74) is 1.51. The van der Waals surface area contributed by atoms with Crippen LogP contribution < -0.4 is 14.4 Å². The number of thioether (sulfide) groups is 1. The van der Waals surface area contributed by atoms with E-state index in [1.165, 1.54) is 36.3 Å². The predicted molar refractivity (Wildman–Crippen MR) is 138 cm³/mol. The maximum absolute atomic E-state index is 13.9. The molecule has 9 heteroatoms. The van der Waals surface area contributed by atoms with Crippen molar-refractivity contribution in [1.29, 1.82) is 0 Å². The Labute approximate surface area is 212 Å². The average molecular weight is 595 g/mol. The van der Waals surface area contributed by atoms with Crippen LogP contribution in [-0.2, 0) is 11.4 Å². The van der Waals surface area contributed by atoms with Crippen LogP contribution in [0.5, 0.6) is 11.5 Å². The molecule has 3 aromatic rings. The molecule has 1 aliphatic heterocycles. The van der Waals surface area contributed by atoms with Crippen molar-refractivity contribution in [2.24, 2.45) is 0 Å². The summed E-state index contributed by atoms with van der Waals surface area (Å²) in [6.07, 6.45) is 1.70. The van der Waals surface area contributed by atoms with E-state index in [0.29, 0.717) is 37.5 Å². The zero-order valence-corrected chi connectivity index (χ0v) is 21.0. The molecule has 1 fully saturated rings. The number of anilines is 1. The lowest BCUT2D eigenvalue weighted by atomic mass is 10.1. The molecule has 0 radical (unpaired) electrons. The number of ether oxygens (including phenoxy) is 2. The summed E-state index contributed by atoms with van der Waals surface area (Å²) in [5, 5.41) is 0. The van der Waals surface area contributed by atoms with Gasteiger partial charge in [-0.2, -0.15) is 0 Å². The van der Waals surface area contributed by atoms with E-state index in [2.05, 4.69) is 22.6 Å². The van der Waals surface area contributed by atoms with Crippen LogP contribution >= 0.6 is 46.6 Å². The first-order valence-electron chi connectivity index (χ1n) is 9.64. The summed E-state index contributed by atoms with van der Waals surface area (Å²) in [6, 6.07) is 15.7. The number of rotatable bonds is 6. The Kier molecular flexibility index (Phi) is 7.30. The van der Waals surface area contributed by atoms with Crippen LogP contribution in [0.3, 0.4) is 0 Å².